The minimum atomic E-state index is -0.610. The van der Waals surface area contributed by atoms with Crippen molar-refractivity contribution < 1.29 is 19.1 Å². The fourth-order valence-electron chi connectivity index (χ4n) is 1.88. The lowest BCUT2D eigenvalue weighted by Gasteiger charge is -2.09. The molecule has 0 saturated heterocycles. The van der Waals surface area contributed by atoms with Crippen molar-refractivity contribution in [2.75, 3.05) is 18.5 Å². The number of aryl methyl sites for hydroxylation is 2. The lowest BCUT2D eigenvalue weighted by Crippen LogP contribution is -2.23. The summed E-state index contributed by atoms with van der Waals surface area (Å²) in [4.78, 5) is 23.4. The molecule has 5 nitrogen and oxygen atoms in total. The fraction of sp³-hybridized carbons (Fsp3) is 0.222. The molecule has 0 bridgehead atoms. The third kappa shape index (κ3) is 5.70. The van der Waals surface area contributed by atoms with Gasteiger partial charge in [-0.05, 0) is 59.6 Å². The monoisotopic (exact) mass is 391 g/mol. The summed E-state index contributed by atoms with van der Waals surface area (Å²) in [5.74, 6) is -0.466. The van der Waals surface area contributed by atoms with Gasteiger partial charge in [0, 0.05) is 5.69 Å². The van der Waals surface area contributed by atoms with E-state index in [1.165, 1.54) is 0 Å². The van der Waals surface area contributed by atoms with Crippen LogP contribution >= 0.6 is 15.9 Å². The number of ether oxygens (including phenoxy) is 2. The molecule has 0 aromatic heterocycles. The van der Waals surface area contributed by atoms with Crippen LogP contribution in [0.15, 0.2) is 46.9 Å². The number of carbonyl (C=O) groups excluding carboxylic acids is 2. The molecule has 0 heterocycles. The van der Waals surface area contributed by atoms with Gasteiger partial charge in [-0.25, -0.2) is 4.79 Å². The summed E-state index contributed by atoms with van der Waals surface area (Å²) < 4.78 is 11.0. The van der Waals surface area contributed by atoms with Gasteiger partial charge < -0.3 is 14.8 Å². The molecule has 0 aliphatic heterocycles. The van der Waals surface area contributed by atoms with Gasteiger partial charge in [-0.2, -0.15) is 0 Å². The lowest BCUT2D eigenvalue weighted by molar-refractivity contribution is -0.149. The van der Waals surface area contributed by atoms with Crippen LogP contribution in [-0.2, 0) is 14.3 Å². The maximum atomic E-state index is 11.7. The van der Waals surface area contributed by atoms with Crippen LogP contribution < -0.4 is 10.1 Å². The van der Waals surface area contributed by atoms with Crippen molar-refractivity contribution in [3.63, 3.8) is 0 Å². The van der Waals surface area contributed by atoms with Gasteiger partial charge in [-0.1, -0.05) is 23.8 Å². The van der Waals surface area contributed by atoms with E-state index in [-0.39, 0.29) is 13.2 Å². The zero-order chi connectivity index (χ0) is 17.5. The molecule has 24 heavy (non-hydrogen) atoms. The summed E-state index contributed by atoms with van der Waals surface area (Å²) in [6, 6.07) is 12.9. The van der Waals surface area contributed by atoms with E-state index in [0.717, 1.165) is 15.6 Å². The second-order valence-corrected chi connectivity index (χ2v) is 6.15. The second kappa shape index (κ2) is 8.49. The lowest BCUT2D eigenvalue weighted by atomic mass is 10.2. The topological polar surface area (TPSA) is 64.6 Å². The molecule has 0 radical (unpaired) electrons. The number of halogens is 1. The van der Waals surface area contributed by atoms with Gasteiger partial charge in [0.1, 0.15) is 5.75 Å². The zero-order valence-electron chi connectivity index (χ0n) is 13.5. The molecule has 0 aliphatic rings. The predicted molar refractivity (Wildman–Crippen MR) is 95.1 cm³/mol. The molecule has 126 valence electrons. The zero-order valence-corrected chi connectivity index (χ0v) is 15.1. The number of esters is 1. The minimum absolute atomic E-state index is 0.264. The number of hydrogen-bond donors (Lipinski definition) is 1. The number of benzene rings is 2. The van der Waals surface area contributed by atoms with Gasteiger partial charge in [0.15, 0.2) is 13.2 Å². The third-order valence-corrected chi connectivity index (χ3v) is 3.75. The Balaban J connectivity index is 1.74. The molecule has 0 unspecified atom stereocenters. The SMILES string of the molecule is Cc1ccc(NC(=O)COC(=O)COc2ccc(C)cc2Br)cc1. The summed E-state index contributed by atoms with van der Waals surface area (Å²) in [6.45, 7) is 3.29. The maximum Gasteiger partial charge on any atom is 0.344 e. The van der Waals surface area contributed by atoms with E-state index < -0.39 is 11.9 Å². The Hall–Kier alpha value is -2.34. The predicted octanol–water partition coefficient (Wildman–Crippen LogP) is 3.63. The van der Waals surface area contributed by atoms with Crippen LogP contribution in [0.4, 0.5) is 5.69 Å². The van der Waals surface area contributed by atoms with E-state index in [1.807, 2.05) is 38.1 Å². The highest BCUT2D eigenvalue weighted by Crippen LogP contribution is 2.25. The largest absolute Gasteiger partial charge is 0.481 e. The molecular formula is C18H18BrNO4. The van der Waals surface area contributed by atoms with Crippen LogP contribution in [0.3, 0.4) is 0 Å². The quantitative estimate of drug-likeness (QED) is 0.763. The molecule has 0 aliphatic carbocycles. The number of hydrogen-bond acceptors (Lipinski definition) is 4. The first-order valence-corrected chi connectivity index (χ1v) is 8.14. The van der Waals surface area contributed by atoms with Crippen LogP contribution in [0.2, 0.25) is 0 Å². The third-order valence-electron chi connectivity index (χ3n) is 3.13. The number of amides is 1. The second-order valence-electron chi connectivity index (χ2n) is 5.30. The van der Waals surface area contributed by atoms with Gasteiger partial charge in [0.25, 0.3) is 5.91 Å². The van der Waals surface area contributed by atoms with Crippen LogP contribution in [0.5, 0.6) is 5.75 Å². The van der Waals surface area contributed by atoms with Crippen molar-refractivity contribution in [3.8, 4) is 5.75 Å². The van der Waals surface area contributed by atoms with Crippen LogP contribution in [0.1, 0.15) is 11.1 Å². The van der Waals surface area contributed by atoms with Crippen LogP contribution in [0.25, 0.3) is 0 Å². The summed E-state index contributed by atoms with van der Waals surface area (Å²) >= 11 is 3.36. The molecule has 1 amide bonds. The highest BCUT2D eigenvalue weighted by Gasteiger charge is 2.10. The van der Waals surface area contributed by atoms with Crippen LogP contribution in [-0.4, -0.2) is 25.1 Å². The van der Waals surface area contributed by atoms with Gasteiger partial charge in [-0.15, -0.1) is 0 Å². The van der Waals surface area contributed by atoms with E-state index in [1.54, 1.807) is 18.2 Å². The smallest absolute Gasteiger partial charge is 0.344 e. The first kappa shape index (κ1) is 18.0. The minimum Gasteiger partial charge on any atom is -0.481 e. The standard InChI is InChI=1S/C18H18BrNO4/c1-12-3-6-14(7-4-12)20-17(21)10-24-18(22)11-23-16-8-5-13(2)9-15(16)19/h3-9H,10-11H2,1-2H3,(H,20,21). The van der Waals surface area contributed by atoms with Crippen LogP contribution in [0, 0.1) is 13.8 Å². The van der Waals surface area contributed by atoms with Gasteiger partial charge in [0.2, 0.25) is 0 Å². The molecule has 2 aromatic carbocycles. The molecule has 0 saturated carbocycles. The highest BCUT2D eigenvalue weighted by molar-refractivity contribution is 9.10. The van der Waals surface area contributed by atoms with E-state index >= 15 is 0 Å². The molecule has 0 spiro atoms. The first-order chi connectivity index (χ1) is 11.4. The van der Waals surface area contributed by atoms with E-state index in [9.17, 15) is 9.59 Å². The van der Waals surface area contributed by atoms with Crippen molar-refractivity contribution in [1.29, 1.82) is 0 Å². The fourth-order valence-corrected chi connectivity index (χ4v) is 2.49. The summed E-state index contributed by atoms with van der Waals surface area (Å²) in [5, 5.41) is 2.65. The summed E-state index contributed by atoms with van der Waals surface area (Å²) in [5.41, 5.74) is 2.82. The Morgan fingerprint density at radius 3 is 2.33 bits per heavy atom. The normalized spacial score (nSPS) is 10.1. The van der Waals surface area contributed by atoms with E-state index in [4.69, 9.17) is 9.47 Å². The van der Waals surface area contributed by atoms with E-state index in [2.05, 4.69) is 21.2 Å². The number of nitrogens with one attached hydrogen (secondary N) is 1. The van der Waals surface area contributed by atoms with Gasteiger partial charge >= 0.3 is 5.97 Å². The van der Waals surface area contributed by atoms with Crippen molar-refractivity contribution in [2.45, 2.75) is 13.8 Å². The maximum absolute atomic E-state index is 11.7. The van der Waals surface area contributed by atoms with Crippen molar-refractivity contribution in [1.82, 2.24) is 0 Å². The summed E-state index contributed by atoms with van der Waals surface area (Å²) in [7, 11) is 0. The molecule has 0 fully saturated rings. The van der Waals surface area contributed by atoms with Crippen molar-refractivity contribution in [3.05, 3.63) is 58.1 Å². The Labute approximate surface area is 149 Å². The average molecular weight is 392 g/mol. The van der Waals surface area contributed by atoms with E-state index in [0.29, 0.717) is 11.4 Å². The Morgan fingerprint density at radius 2 is 1.67 bits per heavy atom. The molecule has 2 aromatic rings. The highest BCUT2D eigenvalue weighted by atomic mass is 79.9. The molecule has 0 atom stereocenters. The Bertz CT molecular complexity index is 728. The summed E-state index contributed by atoms with van der Waals surface area (Å²) in [6.07, 6.45) is 0. The number of anilines is 1. The molecule has 6 heteroatoms. The molecule has 2 rings (SSSR count). The van der Waals surface area contributed by atoms with Gasteiger partial charge in [-0.3, -0.25) is 4.79 Å². The number of carbonyl (C=O) groups is 2. The first-order valence-electron chi connectivity index (χ1n) is 7.35. The average Bonchev–Trinajstić information content (AvgIpc) is 2.54. The van der Waals surface area contributed by atoms with Crippen molar-refractivity contribution >= 4 is 33.5 Å². The number of rotatable bonds is 6. The Morgan fingerprint density at radius 1 is 1.00 bits per heavy atom. The molecular weight excluding hydrogens is 374 g/mol. The van der Waals surface area contributed by atoms with Gasteiger partial charge in [0.05, 0.1) is 4.47 Å². The Kier molecular flexibility index (Phi) is 6.37. The van der Waals surface area contributed by atoms with Crippen molar-refractivity contribution in [2.24, 2.45) is 0 Å². The molecule has 1 N–H and O–H groups in total.